The lowest BCUT2D eigenvalue weighted by atomic mass is 9.33. The summed E-state index contributed by atoms with van der Waals surface area (Å²) in [6.07, 6.45) is 4.40. The molecule has 370 valence electrons. The van der Waals surface area contributed by atoms with Gasteiger partial charge in [0.1, 0.15) is 0 Å². The lowest BCUT2D eigenvalue weighted by Gasteiger charge is -2.48. The summed E-state index contributed by atoms with van der Waals surface area (Å²) in [4.78, 5) is 7.39. The van der Waals surface area contributed by atoms with E-state index in [1.165, 1.54) is 66.6 Å². The van der Waals surface area contributed by atoms with Crippen LogP contribution in [0.4, 0.5) is 51.2 Å². The van der Waals surface area contributed by atoms with Gasteiger partial charge in [-0.1, -0.05) is 160 Å². The molecule has 8 aromatic carbocycles. The summed E-state index contributed by atoms with van der Waals surface area (Å²) >= 11 is 0. The minimum absolute atomic E-state index is 0.0315. The Morgan fingerprint density at radius 3 is 1.65 bits per heavy atom. The summed E-state index contributed by atoms with van der Waals surface area (Å²) in [6.45, 7) is 25.8. The van der Waals surface area contributed by atoms with Crippen LogP contribution in [0.15, 0.2) is 152 Å². The van der Waals surface area contributed by atoms with Gasteiger partial charge in [0.25, 0.3) is 6.71 Å². The topological polar surface area (TPSA) is 9.72 Å². The Balaban J connectivity index is 1.18. The van der Waals surface area contributed by atoms with E-state index in [1.54, 1.807) is 0 Å². The molecule has 5 aliphatic rings. The maximum absolute atomic E-state index is 9.39. The first-order valence-corrected chi connectivity index (χ1v) is 27.3. The SMILES string of the molecule is [2H]C([2H])([2H])c1cc2c3c(c1)N(c1cccc4c1C(C)(C)c1ccccc1-4)c1cc(N(c4ccccc4C)c4ccccc4C)ccc1B3c1cc3c(cc1N2c1ccc2c(c1)C(C)(C)CCC2(C)C)C(C)(C)CCC3(C)C. The van der Waals surface area contributed by atoms with Crippen LogP contribution in [0.2, 0.25) is 0 Å². The monoisotopic (exact) mass is 969 g/mol. The lowest BCUT2D eigenvalue weighted by molar-refractivity contribution is 0.332. The van der Waals surface area contributed by atoms with Crippen LogP contribution in [0.1, 0.15) is 149 Å². The Bertz CT molecular complexity index is 3750. The average Bonchev–Trinajstić information content (AvgIpc) is 3.88. The fourth-order valence-corrected chi connectivity index (χ4v) is 14.5. The highest BCUT2D eigenvalue weighted by atomic mass is 15.2. The van der Waals surface area contributed by atoms with Crippen molar-refractivity contribution in [3.8, 4) is 11.1 Å². The molecule has 0 saturated heterocycles. The number of fused-ring (bicyclic) bond motifs is 9. The van der Waals surface area contributed by atoms with Gasteiger partial charge in [-0.05, 0) is 206 Å². The molecule has 2 heterocycles. The molecule has 0 unspecified atom stereocenters. The Morgan fingerprint density at radius 1 is 0.446 bits per heavy atom. The molecule has 0 amide bonds. The normalized spacial score (nSPS) is 19.1. The first-order chi connectivity index (χ1) is 36.4. The van der Waals surface area contributed by atoms with Crippen molar-refractivity contribution >= 4 is 74.3 Å². The maximum atomic E-state index is 9.39. The molecule has 3 aliphatic carbocycles. The van der Waals surface area contributed by atoms with Crippen molar-refractivity contribution in [1.29, 1.82) is 0 Å². The summed E-state index contributed by atoms with van der Waals surface area (Å²) in [6, 6.07) is 56.6. The zero-order valence-corrected chi connectivity index (χ0v) is 45.7. The second-order valence-electron chi connectivity index (χ2n) is 25.8. The standard InChI is InChI=1S/C70H72BN3/c1-43-37-62-65-63(38-43)74(59-28-20-24-49-48-23-16-17-25-50(48)70(12,13)64(49)59)60-40-47(72(57-26-18-14-21-44(57)2)58-27-19-15-22-45(58)3)30-32-55(60)71(65)56-41-53-54(69(10,11)36-35-68(53,8)9)42-61(56)73(62)46-29-31-51-52(39-46)67(6,7)34-33-66(51,4)5/h14-32,37-42H,33-36H2,1-13H3/i1D3. The summed E-state index contributed by atoms with van der Waals surface area (Å²) < 4.78 is 28.2. The third-order valence-corrected chi connectivity index (χ3v) is 18.9. The van der Waals surface area contributed by atoms with Crippen molar-refractivity contribution < 1.29 is 4.11 Å². The van der Waals surface area contributed by atoms with Gasteiger partial charge in [-0.2, -0.15) is 0 Å². The number of anilines is 9. The second-order valence-corrected chi connectivity index (χ2v) is 25.8. The summed E-state index contributed by atoms with van der Waals surface area (Å²) in [7, 11) is 0. The van der Waals surface area contributed by atoms with E-state index in [0.717, 1.165) is 82.3 Å². The van der Waals surface area contributed by atoms with Gasteiger partial charge >= 0.3 is 0 Å². The molecule has 0 saturated carbocycles. The van der Waals surface area contributed by atoms with E-state index in [2.05, 4.69) is 237 Å². The largest absolute Gasteiger partial charge is 0.311 e. The molecule has 2 aliphatic heterocycles. The number of hydrogen-bond donors (Lipinski definition) is 0. The molecule has 8 aromatic rings. The molecular formula is C70H72BN3. The van der Waals surface area contributed by atoms with Crippen LogP contribution in [0.25, 0.3) is 11.1 Å². The third kappa shape index (κ3) is 6.71. The van der Waals surface area contributed by atoms with Gasteiger partial charge in [0.2, 0.25) is 0 Å². The molecule has 0 atom stereocenters. The van der Waals surface area contributed by atoms with E-state index in [4.69, 9.17) is 0 Å². The van der Waals surface area contributed by atoms with Crippen LogP contribution in [-0.2, 0) is 27.1 Å². The van der Waals surface area contributed by atoms with E-state index in [1.807, 2.05) is 12.1 Å². The fraction of sp³-hybridized carbons (Fsp3) is 0.314. The predicted octanol–water partition coefficient (Wildman–Crippen LogP) is 17.2. The summed E-state index contributed by atoms with van der Waals surface area (Å²) in [5.41, 5.74) is 25.8. The minimum atomic E-state index is -2.41. The van der Waals surface area contributed by atoms with Gasteiger partial charge in [0.05, 0.1) is 5.69 Å². The number of para-hydroxylation sites is 2. The molecule has 0 fully saturated rings. The molecule has 13 rings (SSSR count). The van der Waals surface area contributed by atoms with E-state index in [-0.39, 0.29) is 33.8 Å². The molecule has 0 aromatic heterocycles. The predicted molar refractivity (Wildman–Crippen MR) is 317 cm³/mol. The zero-order valence-electron chi connectivity index (χ0n) is 48.7. The van der Waals surface area contributed by atoms with Crippen molar-refractivity contribution in [1.82, 2.24) is 0 Å². The highest BCUT2D eigenvalue weighted by Gasteiger charge is 2.49. The van der Waals surface area contributed by atoms with Crippen LogP contribution in [0.5, 0.6) is 0 Å². The van der Waals surface area contributed by atoms with Gasteiger partial charge in [0, 0.05) is 55.0 Å². The molecule has 74 heavy (non-hydrogen) atoms. The Hall–Kier alpha value is -6.78. The van der Waals surface area contributed by atoms with Gasteiger partial charge in [-0.3, -0.25) is 0 Å². The fourth-order valence-electron chi connectivity index (χ4n) is 14.5. The van der Waals surface area contributed by atoms with E-state index < -0.39 is 6.85 Å². The van der Waals surface area contributed by atoms with Crippen molar-refractivity contribution in [3.63, 3.8) is 0 Å². The molecule has 0 bridgehead atoms. The first-order valence-electron chi connectivity index (χ1n) is 28.8. The Kier molecular flexibility index (Phi) is 9.35. The van der Waals surface area contributed by atoms with E-state index >= 15 is 0 Å². The molecule has 0 radical (unpaired) electrons. The van der Waals surface area contributed by atoms with Crippen LogP contribution in [0.3, 0.4) is 0 Å². The molecule has 3 nitrogen and oxygen atoms in total. The first kappa shape index (κ1) is 43.6. The second kappa shape index (κ2) is 15.9. The molecule has 4 heteroatoms. The zero-order chi connectivity index (χ0) is 54.1. The van der Waals surface area contributed by atoms with Crippen LogP contribution in [-0.4, -0.2) is 6.71 Å². The third-order valence-electron chi connectivity index (χ3n) is 18.9. The van der Waals surface area contributed by atoms with E-state index in [0.29, 0.717) is 5.56 Å². The molecular weight excluding hydrogens is 894 g/mol. The van der Waals surface area contributed by atoms with Crippen molar-refractivity contribution in [3.05, 3.63) is 202 Å². The quantitative estimate of drug-likeness (QED) is 0.159. The molecule has 0 N–H and O–H groups in total. The van der Waals surface area contributed by atoms with Gasteiger partial charge in [-0.15, -0.1) is 0 Å². The van der Waals surface area contributed by atoms with Gasteiger partial charge in [-0.25, -0.2) is 0 Å². The number of nitrogens with zero attached hydrogens (tertiary/aromatic N) is 3. The van der Waals surface area contributed by atoms with E-state index in [9.17, 15) is 4.11 Å². The maximum Gasteiger partial charge on any atom is 0.252 e. The minimum Gasteiger partial charge on any atom is -0.311 e. The van der Waals surface area contributed by atoms with Crippen LogP contribution >= 0.6 is 0 Å². The van der Waals surface area contributed by atoms with Crippen LogP contribution < -0.4 is 31.1 Å². The van der Waals surface area contributed by atoms with Crippen LogP contribution in [0, 0.1) is 20.7 Å². The number of benzene rings is 8. The summed E-state index contributed by atoms with van der Waals surface area (Å²) in [5, 5.41) is 0. The highest BCUT2D eigenvalue weighted by Crippen LogP contribution is 2.57. The van der Waals surface area contributed by atoms with Gasteiger partial charge in [0.15, 0.2) is 0 Å². The van der Waals surface area contributed by atoms with Crippen molar-refractivity contribution in [2.24, 2.45) is 0 Å². The molecule has 0 spiro atoms. The highest BCUT2D eigenvalue weighted by molar-refractivity contribution is 7.00. The Labute approximate surface area is 446 Å². The van der Waals surface area contributed by atoms with Crippen molar-refractivity contribution in [2.75, 3.05) is 14.7 Å². The van der Waals surface area contributed by atoms with Crippen molar-refractivity contribution in [2.45, 2.75) is 143 Å². The Morgan fingerprint density at radius 2 is 1.00 bits per heavy atom. The number of aryl methyl sites for hydroxylation is 3. The number of hydrogen-bond acceptors (Lipinski definition) is 3. The van der Waals surface area contributed by atoms with Gasteiger partial charge < -0.3 is 14.7 Å². The summed E-state index contributed by atoms with van der Waals surface area (Å²) in [5.74, 6) is 0. The smallest absolute Gasteiger partial charge is 0.252 e. The lowest BCUT2D eigenvalue weighted by Crippen LogP contribution is -2.62. The number of rotatable bonds is 5. The average molecular weight is 969 g/mol.